The molecule has 1 amide bonds. The van der Waals surface area contributed by atoms with Gasteiger partial charge < -0.3 is 15.7 Å². The van der Waals surface area contributed by atoms with E-state index < -0.39 is 0 Å². The van der Waals surface area contributed by atoms with E-state index in [0.717, 1.165) is 19.4 Å². The van der Waals surface area contributed by atoms with Crippen molar-refractivity contribution in [3.63, 3.8) is 0 Å². The first-order chi connectivity index (χ1) is 7.52. The normalized spacial score (nSPS) is 28.8. The van der Waals surface area contributed by atoms with Gasteiger partial charge in [0.05, 0.1) is 6.04 Å². The maximum absolute atomic E-state index is 12.0. The van der Waals surface area contributed by atoms with Gasteiger partial charge in [0.1, 0.15) is 0 Å². The van der Waals surface area contributed by atoms with Crippen LogP contribution < -0.4 is 10.6 Å². The fourth-order valence-corrected chi connectivity index (χ4v) is 2.14. The van der Waals surface area contributed by atoms with Gasteiger partial charge in [0.15, 0.2) is 0 Å². The Morgan fingerprint density at radius 3 is 2.75 bits per heavy atom. The van der Waals surface area contributed by atoms with Gasteiger partial charge in [-0.2, -0.15) is 0 Å². The van der Waals surface area contributed by atoms with Gasteiger partial charge in [-0.25, -0.2) is 0 Å². The summed E-state index contributed by atoms with van der Waals surface area (Å²) in [6, 6.07) is -0.0652. The minimum atomic E-state index is -0.282. The first-order valence-corrected chi connectivity index (χ1v) is 6.18. The Bertz CT molecular complexity index is 245. The molecule has 3 atom stereocenters. The average Bonchev–Trinajstić information content (AvgIpc) is 2.65. The van der Waals surface area contributed by atoms with Crippen molar-refractivity contribution in [1.82, 2.24) is 10.6 Å². The summed E-state index contributed by atoms with van der Waals surface area (Å²) in [5.41, 5.74) is -0.282. The summed E-state index contributed by atoms with van der Waals surface area (Å²) in [7, 11) is 0. The van der Waals surface area contributed by atoms with Crippen molar-refractivity contribution in [3.8, 4) is 0 Å². The Labute approximate surface area is 97.8 Å². The van der Waals surface area contributed by atoms with Crippen LogP contribution in [-0.4, -0.2) is 35.7 Å². The lowest BCUT2D eigenvalue weighted by Crippen LogP contribution is -2.53. The van der Waals surface area contributed by atoms with Crippen LogP contribution in [0.25, 0.3) is 0 Å². The third-order valence-corrected chi connectivity index (χ3v) is 3.68. The molecule has 4 nitrogen and oxygen atoms in total. The lowest BCUT2D eigenvalue weighted by atomic mass is 9.93. The topological polar surface area (TPSA) is 61.4 Å². The Balaban J connectivity index is 2.54. The first kappa shape index (κ1) is 13.5. The molecule has 3 N–H and O–H groups in total. The second-order valence-corrected chi connectivity index (χ2v) is 5.07. The van der Waals surface area contributed by atoms with E-state index in [4.69, 9.17) is 5.11 Å². The fraction of sp³-hybridized carbons (Fsp3) is 0.917. The summed E-state index contributed by atoms with van der Waals surface area (Å²) in [4.78, 5) is 12.0. The number of carbonyl (C=O) groups is 1. The predicted octanol–water partition coefficient (Wildman–Crippen LogP) is 0.652. The number of hydrogen-bond donors (Lipinski definition) is 3. The lowest BCUT2D eigenvalue weighted by molar-refractivity contribution is -0.125. The Morgan fingerprint density at radius 2 is 2.31 bits per heavy atom. The second-order valence-electron chi connectivity index (χ2n) is 5.07. The zero-order chi connectivity index (χ0) is 12.2. The van der Waals surface area contributed by atoms with Crippen LogP contribution in [0.2, 0.25) is 0 Å². The van der Waals surface area contributed by atoms with Crippen LogP contribution in [0.5, 0.6) is 0 Å². The number of amides is 1. The number of rotatable bonds is 5. The Kier molecular flexibility index (Phi) is 4.74. The Hall–Kier alpha value is -0.610. The number of aliphatic hydroxyl groups is 1. The van der Waals surface area contributed by atoms with Crippen LogP contribution in [0.1, 0.15) is 40.0 Å². The van der Waals surface area contributed by atoms with Gasteiger partial charge in [-0.1, -0.05) is 13.8 Å². The van der Waals surface area contributed by atoms with Gasteiger partial charge in [-0.15, -0.1) is 0 Å². The molecule has 1 fully saturated rings. The van der Waals surface area contributed by atoms with E-state index in [2.05, 4.69) is 17.6 Å². The number of hydrogen-bond acceptors (Lipinski definition) is 3. The van der Waals surface area contributed by atoms with Crippen LogP contribution in [0, 0.1) is 5.92 Å². The summed E-state index contributed by atoms with van der Waals surface area (Å²) in [5.74, 6) is 0.470. The zero-order valence-electron chi connectivity index (χ0n) is 10.5. The van der Waals surface area contributed by atoms with Gasteiger partial charge in [0, 0.05) is 12.1 Å². The summed E-state index contributed by atoms with van der Waals surface area (Å²) in [6.45, 7) is 7.14. The molecule has 0 spiro atoms. The maximum Gasteiger partial charge on any atom is 0.237 e. The van der Waals surface area contributed by atoms with E-state index in [-0.39, 0.29) is 24.1 Å². The molecule has 1 saturated heterocycles. The quantitative estimate of drug-likeness (QED) is 0.647. The van der Waals surface area contributed by atoms with Gasteiger partial charge in [-0.05, 0) is 38.6 Å². The predicted molar refractivity (Wildman–Crippen MR) is 64.1 cm³/mol. The molecule has 1 rings (SSSR count). The third kappa shape index (κ3) is 3.19. The summed E-state index contributed by atoms with van der Waals surface area (Å²) < 4.78 is 0. The summed E-state index contributed by atoms with van der Waals surface area (Å²) >= 11 is 0. The zero-order valence-corrected chi connectivity index (χ0v) is 10.5. The largest absolute Gasteiger partial charge is 0.396 e. The molecule has 0 aromatic carbocycles. The SMILES string of the molecule is CCC(C)(CCO)NC(=O)C1NCCC1C. The van der Waals surface area contributed by atoms with E-state index in [1.165, 1.54) is 0 Å². The molecule has 1 aliphatic rings. The summed E-state index contributed by atoms with van der Waals surface area (Å²) in [6.07, 6.45) is 2.50. The van der Waals surface area contributed by atoms with Crippen molar-refractivity contribution in [2.24, 2.45) is 5.92 Å². The maximum atomic E-state index is 12.0. The molecule has 0 radical (unpaired) electrons. The van der Waals surface area contributed by atoms with Crippen molar-refractivity contribution in [2.75, 3.05) is 13.2 Å². The fourth-order valence-electron chi connectivity index (χ4n) is 2.14. The third-order valence-electron chi connectivity index (χ3n) is 3.68. The Morgan fingerprint density at radius 1 is 1.62 bits per heavy atom. The van der Waals surface area contributed by atoms with Crippen molar-refractivity contribution in [3.05, 3.63) is 0 Å². The number of nitrogens with one attached hydrogen (secondary N) is 2. The van der Waals surface area contributed by atoms with Crippen LogP contribution in [0.15, 0.2) is 0 Å². The van der Waals surface area contributed by atoms with Gasteiger partial charge in [-0.3, -0.25) is 4.79 Å². The molecule has 0 aromatic rings. The highest BCUT2D eigenvalue weighted by Crippen LogP contribution is 2.18. The number of carbonyl (C=O) groups excluding carboxylic acids is 1. The van der Waals surface area contributed by atoms with Crippen LogP contribution in [0.4, 0.5) is 0 Å². The molecule has 1 heterocycles. The highest BCUT2D eigenvalue weighted by molar-refractivity contribution is 5.83. The van der Waals surface area contributed by atoms with E-state index >= 15 is 0 Å². The molecule has 94 valence electrons. The monoisotopic (exact) mass is 228 g/mol. The molecule has 0 aromatic heterocycles. The molecule has 0 aliphatic carbocycles. The molecule has 16 heavy (non-hydrogen) atoms. The molecular weight excluding hydrogens is 204 g/mol. The molecule has 4 heteroatoms. The molecule has 1 aliphatic heterocycles. The van der Waals surface area contributed by atoms with E-state index in [0.29, 0.717) is 12.3 Å². The highest BCUT2D eigenvalue weighted by atomic mass is 16.3. The minimum Gasteiger partial charge on any atom is -0.396 e. The second kappa shape index (κ2) is 5.64. The van der Waals surface area contributed by atoms with Crippen molar-refractivity contribution < 1.29 is 9.90 Å². The van der Waals surface area contributed by atoms with Crippen LogP contribution >= 0.6 is 0 Å². The van der Waals surface area contributed by atoms with Crippen molar-refractivity contribution >= 4 is 5.91 Å². The lowest BCUT2D eigenvalue weighted by Gasteiger charge is -2.31. The van der Waals surface area contributed by atoms with Crippen LogP contribution in [-0.2, 0) is 4.79 Å². The number of aliphatic hydroxyl groups excluding tert-OH is 1. The minimum absolute atomic E-state index is 0.0652. The van der Waals surface area contributed by atoms with E-state index in [9.17, 15) is 4.79 Å². The van der Waals surface area contributed by atoms with Gasteiger partial charge in [0.2, 0.25) is 5.91 Å². The van der Waals surface area contributed by atoms with E-state index in [1.54, 1.807) is 0 Å². The van der Waals surface area contributed by atoms with Crippen molar-refractivity contribution in [2.45, 2.75) is 51.6 Å². The molecule has 0 bridgehead atoms. The highest BCUT2D eigenvalue weighted by Gasteiger charge is 2.33. The smallest absolute Gasteiger partial charge is 0.237 e. The first-order valence-electron chi connectivity index (χ1n) is 6.18. The average molecular weight is 228 g/mol. The van der Waals surface area contributed by atoms with Gasteiger partial charge >= 0.3 is 0 Å². The standard InChI is InChI=1S/C12H24N2O2/c1-4-12(3,6-8-15)14-11(16)10-9(2)5-7-13-10/h9-10,13,15H,4-8H2,1-3H3,(H,14,16). The molecule has 0 saturated carbocycles. The molecule has 3 unspecified atom stereocenters. The van der Waals surface area contributed by atoms with Crippen LogP contribution in [0.3, 0.4) is 0 Å². The van der Waals surface area contributed by atoms with Crippen molar-refractivity contribution in [1.29, 1.82) is 0 Å². The van der Waals surface area contributed by atoms with Gasteiger partial charge in [0.25, 0.3) is 0 Å². The summed E-state index contributed by atoms with van der Waals surface area (Å²) in [5, 5.41) is 15.3. The van der Waals surface area contributed by atoms with E-state index in [1.807, 2.05) is 13.8 Å². The molecular formula is C12H24N2O2.